The number of hydrogen-bond donors (Lipinski definition) is 1. The summed E-state index contributed by atoms with van der Waals surface area (Å²) in [6.45, 7) is 3.60. The molecule has 0 unspecified atom stereocenters. The normalized spacial score (nSPS) is 13.0. The molecule has 2 aromatic carbocycles. The minimum absolute atomic E-state index is 0.00350. The van der Waals surface area contributed by atoms with Gasteiger partial charge in [-0.1, -0.05) is 12.1 Å². The van der Waals surface area contributed by atoms with Gasteiger partial charge in [-0.2, -0.15) is 0 Å². The third-order valence-corrected chi connectivity index (χ3v) is 5.24. The van der Waals surface area contributed by atoms with Crippen LogP contribution in [0.1, 0.15) is 36.9 Å². The van der Waals surface area contributed by atoms with Crippen LogP contribution in [0, 0.1) is 6.92 Å². The summed E-state index contributed by atoms with van der Waals surface area (Å²) >= 11 is 0. The lowest BCUT2D eigenvalue weighted by atomic mass is 10.1. The van der Waals surface area contributed by atoms with Crippen molar-refractivity contribution in [1.82, 2.24) is 9.55 Å². The molecule has 0 saturated carbocycles. The number of rotatable bonds is 7. The second kappa shape index (κ2) is 8.95. The Balaban J connectivity index is 1.26. The fourth-order valence-electron chi connectivity index (χ4n) is 3.72. The van der Waals surface area contributed by atoms with Crippen molar-refractivity contribution in [2.45, 2.75) is 45.6 Å². The van der Waals surface area contributed by atoms with Gasteiger partial charge < -0.3 is 14.6 Å². The molecule has 0 radical (unpaired) electrons. The van der Waals surface area contributed by atoms with E-state index in [4.69, 9.17) is 4.74 Å². The molecule has 150 valence electrons. The zero-order valence-electron chi connectivity index (χ0n) is 16.9. The molecule has 5 heteroatoms. The maximum atomic E-state index is 12.2. The molecule has 4 rings (SSSR count). The zero-order valence-corrected chi connectivity index (χ0v) is 16.9. The van der Waals surface area contributed by atoms with Crippen molar-refractivity contribution < 1.29 is 9.53 Å². The summed E-state index contributed by atoms with van der Waals surface area (Å²) in [6, 6.07) is 15.9. The number of fused-ring (bicyclic) bond motifs is 1. The van der Waals surface area contributed by atoms with Gasteiger partial charge in [0.05, 0.1) is 6.61 Å². The van der Waals surface area contributed by atoms with E-state index < -0.39 is 0 Å². The second-order valence-electron chi connectivity index (χ2n) is 7.58. The van der Waals surface area contributed by atoms with Gasteiger partial charge in [-0.25, -0.2) is 4.98 Å². The van der Waals surface area contributed by atoms with Crippen LogP contribution >= 0.6 is 0 Å². The zero-order chi connectivity index (χ0) is 20.1. The highest BCUT2D eigenvalue weighted by atomic mass is 16.5. The van der Waals surface area contributed by atoms with Gasteiger partial charge in [0.1, 0.15) is 11.6 Å². The van der Waals surface area contributed by atoms with Crippen LogP contribution in [-0.2, 0) is 17.8 Å². The molecule has 0 aliphatic carbocycles. The second-order valence-corrected chi connectivity index (χ2v) is 7.58. The monoisotopic (exact) mass is 389 g/mol. The molecule has 1 amide bonds. The highest BCUT2D eigenvalue weighted by molar-refractivity contribution is 5.90. The van der Waals surface area contributed by atoms with E-state index in [9.17, 15) is 4.79 Å². The fourth-order valence-corrected chi connectivity index (χ4v) is 3.72. The number of imidazole rings is 1. The predicted octanol–water partition coefficient (Wildman–Crippen LogP) is 4.99. The Morgan fingerprint density at radius 3 is 2.86 bits per heavy atom. The summed E-state index contributed by atoms with van der Waals surface area (Å²) in [4.78, 5) is 16.8. The average molecular weight is 389 g/mol. The topological polar surface area (TPSA) is 56.1 Å². The molecule has 0 atom stereocenters. The minimum Gasteiger partial charge on any atom is -0.494 e. The van der Waals surface area contributed by atoms with Crippen molar-refractivity contribution in [3.8, 4) is 17.1 Å². The number of ether oxygens (including phenoxy) is 1. The lowest BCUT2D eigenvalue weighted by molar-refractivity contribution is -0.116. The van der Waals surface area contributed by atoms with E-state index in [0.717, 1.165) is 35.8 Å². The molecule has 3 aromatic rings. The average Bonchev–Trinajstić information content (AvgIpc) is 3.16. The number of carbonyl (C=O) groups excluding carboxylic acids is 1. The molecule has 1 N–H and O–H groups in total. The molecular formula is C24H27N3O2. The molecule has 1 aliphatic heterocycles. The SMILES string of the molecule is Cc1cccc(OCCCC(=O)Nc2ccc(-c3ncc4n3CCCC4)cc2)c1. The fraction of sp³-hybridized carbons (Fsp3) is 0.333. The van der Waals surface area contributed by atoms with Gasteiger partial charge in [0.2, 0.25) is 5.91 Å². The Bertz CT molecular complexity index is 976. The number of hydrogen-bond acceptors (Lipinski definition) is 3. The first-order valence-electron chi connectivity index (χ1n) is 10.3. The summed E-state index contributed by atoms with van der Waals surface area (Å²) in [6.07, 6.45) is 6.65. The van der Waals surface area contributed by atoms with Crippen molar-refractivity contribution in [3.05, 3.63) is 66.0 Å². The van der Waals surface area contributed by atoms with Crippen LogP contribution < -0.4 is 10.1 Å². The molecule has 0 fully saturated rings. The van der Waals surface area contributed by atoms with Crippen LogP contribution in [0.15, 0.2) is 54.7 Å². The van der Waals surface area contributed by atoms with E-state index >= 15 is 0 Å². The summed E-state index contributed by atoms with van der Waals surface area (Å²) in [7, 11) is 0. The third-order valence-electron chi connectivity index (χ3n) is 5.24. The quantitative estimate of drug-likeness (QED) is 0.579. The first kappa shape index (κ1) is 19.2. The summed E-state index contributed by atoms with van der Waals surface area (Å²) in [5, 5.41) is 2.96. The molecule has 1 aliphatic rings. The Kier molecular flexibility index (Phi) is 5.94. The summed E-state index contributed by atoms with van der Waals surface area (Å²) in [5.41, 5.74) is 4.38. The van der Waals surface area contributed by atoms with Gasteiger partial charge in [0.15, 0.2) is 0 Å². The van der Waals surface area contributed by atoms with Crippen LogP contribution in [0.5, 0.6) is 5.75 Å². The van der Waals surface area contributed by atoms with Gasteiger partial charge in [-0.05, 0) is 74.6 Å². The summed E-state index contributed by atoms with van der Waals surface area (Å²) < 4.78 is 8.01. The number of aromatic nitrogens is 2. The molecule has 5 nitrogen and oxygen atoms in total. The van der Waals surface area contributed by atoms with Gasteiger partial charge in [0.25, 0.3) is 0 Å². The Labute approximate surface area is 171 Å². The van der Waals surface area contributed by atoms with E-state index in [1.54, 1.807) is 0 Å². The molecule has 0 spiro atoms. The Hall–Kier alpha value is -3.08. The maximum absolute atomic E-state index is 12.2. The number of amides is 1. The number of aryl methyl sites for hydroxylation is 2. The highest BCUT2D eigenvalue weighted by Crippen LogP contribution is 2.25. The standard InChI is InChI=1S/C24H27N3O2/c1-18-6-4-8-22(16-18)29-15-5-9-23(28)26-20-12-10-19(11-13-20)24-25-17-21-7-2-3-14-27(21)24/h4,6,8,10-13,16-17H,2-3,5,7,9,14-15H2,1H3,(H,26,28). The minimum atomic E-state index is 0.00350. The van der Waals surface area contributed by atoms with Gasteiger partial charge in [-0.15, -0.1) is 0 Å². The molecule has 0 bridgehead atoms. The van der Waals surface area contributed by atoms with Crippen molar-refractivity contribution in [2.24, 2.45) is 0 Å². The molecule has 0 saturated heterocycles. The Morgan fingerprint density at radius 1 is 1.17 bits per heavy atom. The smallest absolute Gasteiger partial charge is 0.224 e. The van der Waals surface area contributed by atoms with Crippen molar-refractivity contribution in [2.75, 3.05) is 11.9 Å². The first-order chi connectivity index (χ1) is 14.2. The van der Waals surface area contributed by atoms with Crippen LogP contribution in [-0.4, -0.2) is 22.1 Å². The first-order valence-corrected chi connectivity index (χ1v) is 10.3. The lowest BCUT2D eigenvalue weighted by Gasteiger charge is -2.16. The van der Waals surface area contributed by atoms with Crippen molar-refractivity contribution >= 4 is 11.6 Å². The van der Waals surface area contributed by atoms with Crippen molar-refractivity contribution in [3.63, 3.8) is 0 Å². The van der Waals surface area contributed by atoms with Gasteiger partial charge >= 0.3 is 0 Å². The Morgan fingerprint density at radius 2 is 2.03 bits per heavy atom. The summed E-state index contributed by atoms with van der Waals surface area (Å²) in [5.74, 6) is 1.87. The van der Waals surface area contributed by atoms with E-state index in [2.05, 4.69) is 14.9 Å². The predicted molar refractivity (Wildman–Crippen MR) is 115 cm³/mol. The van der Waals surface area contributed by atoms with Gasteiger partial charge in [0, 0.05) is 36.1 Å². The van der Waals surface area contributed by atoms with Crippen molar-refractivity contribution in [1.29, 1.82) is 0 Å². The van der Waals surface area contributed by atoms with E-state index in [1.807, 2.05) is 61.7 Å². The number of anilines is 1. The lowest BCUT2D eigenvalue weighted by Crippen LogP contribution is -2.13. The maximum Gasteiger partial charge on any atom is 0.224 e. The van der Waals surface area contributed by atoms with Crippen LogP contribution in [0.2, 0.25) is 0 Å². The van der Waals surface area contributed by atoms with Crippen LogP contribution in [0.3, 0.4) is 0 Å². The highest BCUT2D eigenvalue weighted by Gasteiger charge is 2.15. The van der Waals surface area contributed by atoms with E-state index in [0.29, 0.717) is 19.4 Å². The molecule has 29 heavy (non-hydrogen) atoms. The number of nitrogens with one attached hydrogen (secondary N) is 1. The molecule has 2 heterocycles. The van der Waals surface area contributed by atoms with Gasteiger partial charge in [-0.3, -0.25) is 4.79 Å². The van der Waals surface area contributed by atoms with E-state index in [1.165, 1.54) is 24.1 Å². The van der Waals surface area contributed by atoms with Crippen LogP contribution in [0.4, 0.5) is 5.69 Å². The van der Waals surface area contributed by atoms with E-state index in [-0.39, 0.29) is 5.91 Å². The number of nitrogens with zero attached hydrogens (tertiary/aromatic N) is 2. The molecule has 1 aromatic heterocycles. The van der Waals surface area contributed by atoms with Crippen LogP contribution in [0.25, 0.3) is 11.4 Å². The largest absolute Gasteiger partial charge is 0.494 e. The number of carbonyl (C=O) groups is 1. The molecular weight excluding hydrogens is 362 g/mol. The number of benzene rings is 2. The third kappa shape index (κ3) is 4.86.